The second-order valence-electron chi connectivity index (χ2n) is 6.56. The zero-order valence-electron chi connectivity index (χ0n) is 14.2. The van der Waals surface area contributed by atoms with E-state index in [1.165, 1.54) is 12.0 Å². The molecule has 5 nitrogen and oxygen atoms in total. The smallest absolute Gasteiger partial charge is 0.249 e. The van der Waals surface area contributed by atoms with Crippen LogP contribution in [0.15, 0.2) is 59.3 Å². The van der Waals surface area contributed by atoms with E-state index in [9.17, 15) is 0 Å². The number of nitrogens with zero attached hydrogens (tertiary/aromatic N) is 4. The quantitative estimate of drug-likeness (QED) is 0.714. The molecule has 0 radical (unpaired) electrons. The average molecular weight is 334 g/mol. The maximum atomic E-state index is 5.93. The van der Waals surface area contributed by atoms with Gasteiger partial charge in [0.05, 0.1) is 11.5 Å². The monoisotopic (exact) mass is 334 g/mol. The summed E-state index contributed by atoms with van der Waals surface area (Å²) in [5, 5.41) is 8.50. The maximum absolute atomic E-state index is 5.93. The Morgan fingerprint density at radius 3 is 2.84 bits per heavy atom. The van der Waals surface area contributed by atoms with Crippen LogP contribution in [0.4, 0.5) is 0 Å². The predicted molar refractivity (Wildman–Crippen MR) is 96.1 cm³/mol. The molecule has 128 valence electrons. The van der Waals surface area contributed by atoms with Crippen LogP contribution in [0.5, 0.6) is 0 Å². The van der Waals surface area contributed by atoms with Crippen molar-refractivity contribution in [2.45, 2.75) is 25.2 Å². The lowest BCUT2D eigenvalue weighted by Crippen LogP contribution is -2.35. The van der Waals surface area contributed by atoms with Crippen LogP contribution in [0.2, 0.25) is 0 Å². The van der Waals surface area contributed by atoms with Gasteiger partial charge in [0, 0.05) is 25.5 Å². The van der Waals surface area contributed by atoms with E-state index in [2.05, 4.69) is 50.4 Å². The van der Waals surface area contributed by atoms with Crippen molar-refractivity contribution in [2.75, 3.05) is 19.6 Å². The highest BCUT2D eigenvalue weighted by Gasteiger charge is 2.25. The van der Waals surface area contributed by atoms with Gasteiger partial charge in [-0.25, -0.2) is 0 Å². The summed E-state index contributed by atoms with van der Waals surface area (Å²) >= 11 is 0. The van der Waals surface area contributed by atoms with E-state index in [0.29, 0.717) is 11.8 Å². The lowest BCUT2D eigenvalue weighted by Gasteiger charge is -2.30. The van der Waals surface area contributed by atoms with E-state index in [1.54, 1.807) is 12.4 Å². The molecule has 4 rings (SSSR count). The molecule has 1 aromatic carbocycles. The van der Waals surface area contributed by atoms with Crippen molar-refractivity contribution in [1.82, 2.24) is 20.1 Å². The highest BCUT2D eigenvalue weighted by atomic mass is 16.4. The van der Waals surface area contributed by atoms with Gasteiger partial charge in [0.15, 0.2) is 0 Å². The lowest BCUT2D eigenvalue weighted by atomic mass is 9.97. The number of hydrogen-bond donors (Lipinski definition) is 0. The Hall–Kier alpha value is -2.53. The molecule has 0 saturated carbocycles. The zero-order chi connectivity index (χ0) is 16.9. The molecule has 1 atom stereocenters. The Kier molecular flexibility index (Phi) is 4.84. The fourth-order valence-corrected chi connectivity index (χ4v) is 3.40. The summed E-state index contributed by atoms with van der Waals surface area (Å²) in [6, 6.07) is 14.5. The molecule has 2 aromatic heterocycles. The van der Waals surface area contributed by atoms with E-state index in [4.69, 9.17) is 4.42 Å². The third kappa shape index (κ3) is 3.94. The van der Waals surface area contributed by atoms with Crippen LogP contribution in [-0.4, -0.2) is 39.7 Å². The van der Waals surface area contributed by atoms with Crippen molar-refractivity contribution in [2.24, 2.45) is 0 Å². The molecule has 0 spiro atoms. The van der Waals surface area contributed by atoms with E-state index in [-0.39, 0.29) is 0 Å². The second-order valence-corrected chi connectivity index (χ2v) is 6.56. The van der Waals surface area contributed by atoms with Crippen molar-refractivity contribution in [3.8, 4) is 11.5 Å². The van der Waals surface area contributed by atoms with Gasteiger partial charge in [0.2, 0.25) is 11.8 Å². The summed E-state index contributed by atoms with van der Waals surface area (Å²) in [5.74, 6) is 1.63. The van der Waals surface area contributed by atoms with Crippen LogP contribution in [0.25, 0.3) is 11.5 Å². The molecule has 3 heterocycles. The number of pyridine rings is 1. The van der Waals surface area contributed by atoms with Crippen LogP contribution in [0.3, 0.4) is 0 Å². The first-order valence-electron chi connectivity index (χ1n) is 8.88. The first-order chi connectivity index (χ1) is 12.4. The standard InChI is InChI=1S/C20H22N4O/c1-2-6-16(7-3-1)10-13-24-12-5-9-18(15-24)20-23-22-19(25-20)17-8-4-11-21-14-17/h1-4,6-8,11,14,18H,5,9-10,12-13,15H2. The van der Waals surface area contributed by atoms with Crippen LogP contribution < -0.4 is 0 Å². The third-order valence-electron chi connectivity index (χ3n) is 4.76. The fourth-order valence-electron chi connectivity index (χ4n) is 3.40. The molecular weight excluding hydrogens is 312 g/mol. The second kappa shape index (κ2) is 7.57. The van der Waals surface area contributed by atoms with Gasteiger partial charge < -0.3 is 9.32 Å². The molecule has 0 N–H and O–H groups in total. The van der Waals surface area contributed by atoms with Crippen LogP contribution in [-0.2, 0) is 6.42 Å². The van der Waals surface area contributed by atoms with Gasteiger partial charge in [-0.1, -0.05) is 30.3 Å². The normalized spacial score (nSPS) is 18.3. The molecule has 25 heavy (non-hydrogen) atoms. The minimum atomic E-state index is 0.322. The van der Waals surface area contributed by atoms with Crippen molar-refractivity contribution < 1.29 is 4.42 Å². The molecule has 5 heteroatoms. The Labute approximate surface area is 147 Å². The minimum absolute atomic E-state index is 0.322. The van der Waals surface area contributed by atoms with E-state index in [1.807, 2.05) is 12.1 Å². The van der Waals surface area contributed by atoms with Gasteiger partial charge in [-0.2, -0.15) is 0 Å². The molecule has 1 aliphatic heterocycles. The summed E-state index contributed by atoms with van der Waals surface area (Å²) in [6.07, 6.45) is 6.86. The Balaban J connectivity index is 1.39. The highest BCUT2D eigenvalue weighted by Crippen LogP contribution is 2.28. The molecule has 0 amide bonds. The summed E-state index contributed by atoms with van der Waals surface area (Å²) in [5.41, 5.74) is 2.26. The van der Waals surface area contributed by atoms with Gasteiger partial charge >= 0.3 is 0 Å². The number of aromatic nitrogens is 3. The summed E-state index contributed by atoms with van der Waals surface area (Å²) in [7, 11) is 0. The van der Waals surface area contributed by atoms with Gasteiger partial charge in [-0.05, 0) is 43.5 Å². The summed E-state index contributed by atoms with van der Waals surface area (Å²) in [4.78, 5) is 6.62. The van der Waals surface area contributed by atoms with Crippen LogP contribution >= 0.6 is 0 Å². The van der Waals surface area contributed by atoms with Crippen molar-refractivity contribution in [1.29, 1.82) is 0 Å². The molecule has 1 saturated heterocycles. The molecule has 0 aliphatic carbocycles. The Morgan fingerprint density at radius 1 is 1.08 bits per heavy atom. The van der Waals surface area contributed by atoms with Crippen LogP contribution in [0.1, 0.15) is 30.2 Å². The predicted octanol–water partition coefficient (Wildman–Crippen LogP) is 3.55. The van der Waals surface area contributed by atoms with Gasteiger partial charge in [0.1, 0.15) is 0 Å². The molecule has 0 bridgehead atoms. The van der Waals surface area contributed by atoms with Gasteiger partial charge in [-0.3, -0.25) is 4.98 Å². The van der Waals surface area contributed by atoms with E-state index in [0.717, 1.165) is 43.9 Å². The van der Waals surface area contributed by atoms with Gasteiger partial charge in [0.25, 0.3) is 0 Å². The molecular formula is C20H22N4O. The molecule has 1 unspecified atom stereocenters. The number of benzene rings is 1. The SMILES string of the molecule is c1ccc(CCN2CCCC(c3nnc(-c4cccnc4)o3)C2)cc1. The number of rotatable bonds is 5. The lowest BCUT2D eigenvalue weighted by molar-refractivity contribution is 0.195. The van der Waals surface area contributed by atoms with E-state index < -0.39 is 0 Å². The molecule has 1 aliphatic rings. The zero-order valence-corrected chi connectivity index (χ0v) is 14.2. The van der Waals surface area contributed by atoms with E-state index >= 15 is 0 Å². The number of hydrogen-bond acceptors (Lipinski definition) is 5. The number of piperidine rings is 1. The highest BCUT2D eigenvalue weighted by molar-refractivity contribution is 5.50. The average Bonchev–Trinajstić information content (AvgIpc) is 3.18. The first-order valence-corrected chi connectivity index (χ1v) is 8.88. The van der Waals surface area contributed by atoms with Gasteiger partial charge in [-0.15, -0.1) is 10.2 Å². The van der Waals surface area contributed by atoms with Crippen molar-refractivity contribution >= 4 is 0 Å². The number of likely N-dealkylation sites (tertiary alicyclic amines) is 1. The molecule has 3 aromatic rings. The minimum Gasteiger partial charge on any atom is -0.420 e. The maximum Gasteiger partial charge on any atom is 0.249 e. The summed E-state index contributed by atoms with van der Waals surface area (Å²) < 4.78 is 5.93. The summed E-state index contributed by atoms with van der Waals surface area (Å²) in [6.45, 7) is 3.21. The Bertz CT molecular complexity index is 788. The Morgan fingerprint density at radius 2 is 2.00 bits per heavy atom. The largest absolute Gasteiger partial charge is 0.420 e. The molecule has 1 fully saturated rings. The van der Waals surface area contributed by atoms with Crippen molar-refractivity contribution in [3.05, 3.63) is 66.3 Å². The third-order valence-corrected chi connectivity index (χ3v) is 4.76. The topological polar surface area (TPSA) is 55.1 Å². The van der Waals surface area contributed by atoms with Crippen molar-refractivity contribution in [3.63, 3.8) is 0 Å². The first kappa shape index (κ1) is 16.0. The fraction of sp³-hybridized carbons (Fsp3) is 0.350. The van der Waals surface area contributed by atoms with Crippen LogP contribution in [0, 0.1) is 0 Å².